The van der Waals surface area contributed by atoms with Crippen LogP contribution in [0.25, 0.3) is 0 Å². The molecule has 1 aromatic carbocycles. The van der Waals surface area contributed by atoms with Gasteiger partial charge in [-0.05, 0) is 42.5 Å². The number of benzene rings is 1. The summed E-state index contributed by atoms with van der Waals surface area (Å²) in [5.41, 5.74) is 0.0387. The molecule has 2 aromatic rings. The number of ether oxygens (including phenoxy) is 1. The molecule has 28 heavy (non-hydrogen) atoms. The molecule has 9 heteroatoms. The molecule has 1 saturated heterocycles. The Morgan fingerprint density at radius 1 is 1.11 bits per heavy atom. The topological polar surface area (TPSA) is 80.8 Å². The van der Waals surface area contributed by atoms with E-state index in [4.69, 9.17) is 16.3 Å². The van der Waals surface area contributed by atoms with Crippen molar-refractivity contribution in [3.63, 3.8) is 0 Å². The first-order chi connectivity index (χ1) is 13.4. The summed E-state index contributed by atoms with van der Waals surface area (Å²) >= 11 is 7.39. The van der Waals surface area contributed by atoms with Gasteiger partial charge in [0.1, 0.15) is 4.90 Å². The highest BCUT2D eigenvalue weighted by molar-refractivity contribution is 7.89. The van der Waals surface area contributed by atoms with E-state index >= 15 is 0 Å². The van der Waals surface area contributed by atoms with E-state index in [1.165, 1.54) is 33.8 Å². The molecule has 0 saturated carbocycles. The van der Waals surface area contributed by atoms with Gasteiger partial charge < -0.3 is 4.74 Å². The predicted molar refractivity (Wildman–Crippen MR) is 108 cm³/mol. The Balaban J connectivity index is 1.76. The van der Waals surface area contributed by atoms with Gasteiger partial charge in [0, 0.05) is 13.1 Å². The Morgan fingerprint density at radius 2 is 1.82 bits per heavy atom. The van der Waals surface area contributed by atoms with Crippen molar-refractivity contribution < 1.29 is 22.7 Å². The van der Waals surface area contributed by atoms with E-state index in [0.29, 0.717) is 18.0 Å². The number of sulfonamides is 1. The van der Waals surface area contributed by atoms with Gasteiger partial charge in [0.25, 0.3) is 0 Å². The third kappa shape index (κ3) is 4.81. The summed E-state index contributed by atoms with van der Waals surface area (Å²) in [7, 11) is -3.81. The van der Waals surface area contributed by atoms with Crippen molar-refractivity contribution in [1.29, 1.82) is 0 Å². The van der Waals surface area contributed by atoms with Crippen LogP contribution in [0.5, 0.6) is 0 Å². The van der Waals surface area contributed by atoms with Gasteiger partial charge in [-0.3, -0.25) is 4.79 Å². The van der Waals surface area contributed by atoms with Crippen LogP contribution < -0.4 is 0 Å². The molecule has 2 heterocycles. The third-order valence-electron chi connectivity index (χ3n) is 4.48. The molecule has 3 rings (SSSR count). The molecule has 6 nitrogen and oxygen atoms in total. The monoisotopic (exact) mass is 441 g/mol. The van der Waals surface area contributed by atoms with Gasteiger partial charge in [0.15, 0.2) is 6.61 Å². The van der Waals surface area contributed by atoms with Crippen LogP contribution in [-0.4, -0.2) is 44.2 Å². The average molecular weight is 442 g/mol. The van der Waals surface area contributed by atoms with Crippen LogP contribution >= 0.6 is 22.9 Å². The molecular weight excluding hydrogens is 422 g/mol. The van der Waals surface area contributed by atoms with Crippen molar-refractivity contribution in [3.8, 4) is 0 Å². The van der Waals surface area contributed by atoms with Crippen molar-refractivity contribution >= 4 is 44.7 Å². The normalized spacial score (nSPS) is 15.8. The van der Waals surface area contributed by atoms with E-state index in [-0.39, 0.29) is 21.3 Å². The molecule has 1 fully saturated rings. The molecule has 0 N–H and O–H groups in total. The first kappa shape index (κ1) is 21.0. The van der Waals surface area contributed by atoms with E-state index in [0.717, 1.165) is 25.7 Å². The third-order valence-corrected chi connectivity index (χ3v) is 7.77. The lowest BCUT2D eigenvalue weighted by molar-refractivity contribution is 0.0475. The van der Waals surface area contributed by atoms with Crippen LogP contribution in [0.4, 0.5) is 0 Å². The fraction of sp³-hybridized carbons (Fsp3) is 0.368. The zero-order valence-corrected chi connectivity index (χ0v) is 17.5. The lowest BCUT2D eigenvalue weighted by Gasteiger charge is -2.21. The Labute approximate surface area is 173 Å². The lowest BCUT2D eigenvalue weighted by Crippen LogP contribution is -2.32. The molecule has 1 aliphatic rings. The molecule has 0 bridgehead atoms. The number of ketones is 1. The molecule has 0 unspecified atom stereocenters. The van der Waals surface area contributed by atoms with Crippen molar-refractivity contribution in [2.75, 3.05) is 19.7 Å². The van der Waals surface area contributed by atoms with Gasteiger partial charge in [-0.25, -0.2) is 13.2 Å². The van der Waals surface area contributed by atoms with Crippen LogP contribution in [0.15, 0.2) is 40.6 Å². The fourth-order valence-electron chi connectivity index (χ4n) is 2.97. The summed E-state index contributed by atoms with van der Waals surface area (Å²) in [6.45, 7) is 0.460. The molecule has 0 amide bonds. The second kappa shape index (κ2) is 9.17. The predicted octanol–water partition coefficient (Wildman–Crippen LogP) is 4.01. The summed E-state index contributed by atoms with van der Waals surface area (Å²) in [6, 6.07) is 7.36. The van der Waals surface area contributed by atoms with Crippen molar-refractivity contribution in [2.24, 2.45) is 0 Å². The Morgan fingerprint density at radius 3 is 2.46 bits per heavy atom. The van der Waals surface area contributed by atoms with Gasteiger partial charge in [0.05, 0.1) is 15.5 Å². The highest BCUT2D eigenvalue weighted by atomic mass is 35.5. The van der Waals surface area contributed by atoms with Gasteiger partial charge >= 0.3 is 5.97 Å². The summed E-state index contributed by atoms with van der Waals surface area (Å²) < 4.78 is 32.5. The first-order valence-electron chi connectivity index (χ1n) is 8.93. The van der Waals surface area contributed by atoms with Crippen molar-refractivity contribution in [1.82, 2.24) is 4.31 Å². The Kier molecular flexibility index (Phi) is 6.87. The molecule has 0 spiro atoms. The van der Waals surface area contributed by atoms with Crippen LogP contribution in [0.2, 0.25) is 5.02 Å². The number of rotatable bonds is 6. The second-order valence-corrected chi connectivity index (χ2v) is 9.70. The molecule has 0 radical (unpaired) electrons. The lowest BCUT2D eigenvalue weighted by atomic mass is 10.2. The highest BCUT2D eigenvalue weighted by Gasteiger charge is 2.28. The maximum atomic E-state index is 13.0. The van der Waals surface area contributed by atoms with Crippen LogP contribution in [-0.2, 0) is 14.8 Å². The van der Waals surface area contributed by atoms with Crippen LogP contribution in [0, 0.1) is 0 Å². The summed E-state index contributed by atoms with van der Waals surface area (Å²) in [4.78, 5) is 24.7. The van der Waals surface area contributed by atoms with Crippen LogP contribution in [0.1, 0.15) is 45.7 Å². The number of halogens is 1. The minimum absolute atomic E-state index is 0.0387. The second-order valence-electron chi connectivity index (χ2n) is 6.44. The van der Waals surface area contributed by atoms with E-state index < -0.39 is 22.6 Å². The van der Waals surface area contributed by atoms with E-state index in [1.807, 2.05) is 0 Å². The van der Waals surface area contributed by atoms with Gasteiger partial charge in [-0.15, -0.1) is 11.3 Å². The number of carbonyl (C=O) groups excluding carboxylic acids is 2. The Bertz CT molecular complexity index is 949. The number of hydrogen-bond acceptors (Lipinski definition) is 6. The maximum absolute atomic E-state index is 13.0. The summed E-state index contributed by atoms with van der Waals surface area (Å²) in [5, 5.41) is 1.81. The minimum Gasteiger partial charge on any atom is -0.454 e. The number of thiophene rings is 1. The fourth-order valence-corrected chi connectivity index (χ4v) is 5.64. The number of carbonyl (C=O) groups is 2. The maximum Gasteiger partial charge on any atom is 0.338 e. The molecular formula is C19H20ClNO5S2. The van der Waals surface area contributed by atoms with E-state index in [9.17, 15) is 18.0 Å². The van der Waals surface area contributed by atoms with Gasteiger partial charge in [0.2, 0.25) is 15.8 Å². The number of Topliss-reactive ketones (excluding diaryl/α,β-unsaturated/α-hetero) is 1. The SMILES string of the molecule is O=C(OCC(=O)c1cccs1)c1ccc(Cl)c(S(=O)(=O)N2CCCCCC2)c1. The average Bonchev–Trinajstić information content (AvgIpc) is 3.07. The standard InChI is InChI=1S/C19H20ClNO5S2/c20-15-8-7-14(19(23)26-13-16(22)17-6-5-11-27-17)12-18(15)28(24,25)21-9-3-1-2-4-10-21/h5-8,11-12H,1-4,9-10,13H2. The van der Waals surface area contributed by atoms with Crippen LogP contribution in [0.3, 0.4) is 0 Å². The summed E-state index contributed by atoms with van der Waals surface area (Å²) in [5.74, 6) is -1.08. The number of esters is 1. The first-order valence-corrected chi connectivity index (χ1v) is 11.6. The molecule has 1 aromatic heterocycles. The number of nitrogens with zero attached hydrogens (tertiary/aromatic N) is 1. The number of hydrogen-bond donors (Lipinski definition) is 0. The largest absolute Gasteiger partial charge is 0.454 e. The highest BCUT2D eigenvalue weighted by Crippen LogP contribution is 2.28. The zero-order chi connectivity index (χ0) is 20.1. The molecule has 150 valence electrons. The van der Waals surface area contributed by atoms with Crippen molar-refractivity contribution in [3.05, 3.63) is 51.2 Å². The van der Waals surface area contributed by atoms with Gasteiger partial charge in [-0.2, -0.15) is 4.31 Å². The minimum atomic E-state index is -3.81. The summed E-state index contributed by atoms with van der Waals surface area (Å²) in [6.07, 6.45) is 3.57. The smallest absolute Gasteiger partial charge is 0.338 e. The quantitative estimate of drug-likeness (QED) is 0.499. The van der Waals surface area contributed by atoms with Gasteiger partial charge in [-0.1, -0.05) is 30.5 Å². The molecule has 0 atom stereocenters. The zero-order valence-electron chi connectivity index (χ0n) is 15.1. The Hall–Kier alpha value is -1.74. The van der Waals surface area contributed by atoms with E-state index in [2.05, 4.69) is 0 Å². The van der Waals surface area contributed by atoms with Crippen molar-refractivity contribution in [2.45, 2.75) is 30.6 Å². The van der Waals surface area contributed by atoms with E-state index in [1.54, 1.807) is 17.5 Å². The molecule has 1 aliphatic heterocycles. The molecule has 0 aliphatic carbocycles.